The van der Waals surface area contributed by atoms with E-state index in [1.165, 1.54) is 65.2 Å². The Bertz CT molecular complexity index is 2500. The molecule has 270 valence electrons. The highest BCUT2D eigenvalue weighted by atomic mass is 28.3. The second kappa shape index (κ2) is 13.4. The highest BCUT2D eigenvalue weighted by Gasteiger charge is 2.32. The fourth-order valence-corrected chi connectivity index (χ4v) is 10.9. The summed E-state index contributed by atoms with van der Waals surface area (Å²) in [5, 5.41) is 9.66. The molecule has 2 heterocycles. The van der Waals surface area contributed by atoms with Crippen LogP contribution in [-0.4, -0.2) is 36.1 Å². The van der Waals surface area contributed by atoms with Crippen molar-refractivity contribution in [2.75, 3.05) is 0 Å². The quantitative estimate of drug-likeness (QED) is 0.115. The largest absolute Gasteiger partial charge is 0.238 e. The zero-order chi connectivity index (χ0) is 38.1. The first-order valence-electron chi connectivity index (χ1n) is 19.4. The number of hydrogen-bond donors (Lipinski definition) is 0. The van der Waals surface area contributed by atoms with E-state index >= 15 is 0 Å². The molecule has 8 aromatic rings. The Labute approximate surface area is 322 Å². The van der Waals surface area contributed by atoms with Crippen LogP contribution in [0.4, 0.5) is 0 Å². The molecule has 0 atom stereocenters. The summed E-state index contributed by atoms with van der Waals surface area (Å²) in [7, 11) is -3.64. The molecule has 0 N–H and O–H groups in total. The van der Waals surface area contributed by atoms with E-state index in [1.54, 1.807) is 0 Å². The van der Waals surface area contributed by atoms with Gasteiger partial charge in [0, 0.05) is 33.1 Å². The van der Waals surface area contributed by atoms with Gasteiger partial charge in [-0.15, -0.1) is 0 Å². The molecule has 0 saturated carbocycles. The van der Waals surface area contributed by atoms with Crippen LogP contribution in [0.25, 0.3) is 77.3 Å². The van der Waals surface area contributed by atoms with Crippen LogP contribution in [0, 0.1) is 13.8 Å². The standard InChI is InChI=1S/C48H50N4Si2/c1-29(2)53(7,8)41-27-31(5)49-47(51-41)37-23-25-39-43(33-17-13-11-14-18-33)44(34-19-15-12-16-20-34)40-26-24-38(36-22-21-35(37)45(39)46(36)40)48-50-32(6)28-42(52-48)54(9,10)30(3)4/h11-30H,1-10H3. The van der Waals surface area contributed by atoms with Crippen LogP contribution >= 0.6 is 0 Å². The van der Waals surface area contributed by atoms with Gasteiger partial charge in [-0.1, -0.05) is 139 Å². The summed E-state index contributed by atoms with van der Waals surface area (Å²) >= 11 is 0. The van der Waals surface area contributed by atoms with E-state index < -0.39 is 16.1 Å². The van der Waals surface area contributed by atoms with Gasteiger partial charge < -0.3 is 0 Å². The van der Waals surface area contributed by atoms with E-state index in [4.69, 9.17) is 19.9 Å². The van der Waals surface area contributed by atoms with Crippen molar-refractivity contribution in [2.24, 2.45) is 0 Å². The molecular weight excluding hydrogens is 689 g/mol. The Morgan fingerprint density at radius 2 is 0.778 bits per heavy atom. The lowest BCUT2D eigenvalue weighted by Gasteiger charge is -2.27. The number of benzene rings is 6. The average Bonchev–Trinajstić information content (AvgIpc) is 3.16. The molecule has 2 aromatic heterocycles. The summed E-state index contributed by atoms with van der Waals surface area (Å²) in [5.74, 6) is 1.61. The fraction of sp³-hybridized carbons (Fsp3) is 0.250. The molecule has 6 aromatic carbocycles. The van der Waals surface area contributed by atoms with Crippen molar-refractivity contribution >= 4 is 59.1 Å². The van der Waals surface area contributed by atoms with Crippen LogP contribution in [0.2, 0.25) is 37.3 Å². The molecule has 4 nitrogen and oxygen atoms in total. The number of hydrogen-bond acceptors (Lipinski definition) is 4. The highest BCUT2D eigenvalue weighted by molar-refractivity contribution is 6.90. The van der Waals surface area contributed by atoms with E-state index in [2.05, 4.69) is 177 Å². The summed E-state index contributed by atoms with van der Waals surface area (Å²) in [5.41, 5.74) is 10.2. The summed E-state index contributed by atoms with van der Waals surface area (Å²) in [6, 6.07) is 40.0. The molecule has 8 rings (SSSR count). The Kier molecular flexibility index (Phi) is 8.90. The van der Waals surface area contributed by atoms with Crippen LogP contribution in [0.5, 0.6) is 0 Å². The first-order valence-corrected chi connectivity index (χ1v) is 25.5. The number of nitrogens with zero attached hydrogens (tertiary/aromatic N) is 4. The minimum absolute atomic E-state index is 0.558. The van der Waals surface area contributed by atoms with Crippen LogP contribution < -0.4 is 10.6 Å². The van der Waals surface area contributed by atoms with Crippen LogP contribution in [0.1, 0.15) is 39.1 Å². The molecule has 0 radical (unpaired) electrons. The topological polar surface area (TPSA) is 51.6 Å². The van der Waals surface area contributed by atoms with Gasteiger partial charge in [0.25, 0.3) is 0 Å². The maximum Gasteiger partial charge on any atom is 0.159 e. The Morgan fingerprint density at radius 1 is 0.426 bits per heavy atom. The Balaban J connectivity index is 1.53. The third-order valence-electron chi connectivity index (χ3n) is 12.5. The molecule has 54 heavy (non-hydrogen) atoms. The van der Waals surface area contributed by atoms with Gasteiger partial charge in [-0.3, -0.25) is 0 Å². The maximum atomic E-state index is 5.38. The zero-order valence-electron chi connectivity index (χ0n) is 33.3. The summed E-state index contributed by atoms with van der Waals surface area (Å²) < 4.78 is 0. The normalized spacial score (nSPS) is 12.6. The lowest BCUT2D eigenvalue weighted by molar-refractivity contribution is 1.01. The van der Waals surface area contributed by atoms with E-state index in [9.17, 15) is 0 Å². The SMILES string of the molecule is Cc1cc([Si](C)(C)C(C)C)nc(-c2ccc3c(-c4ccccc4)c(-c4ccccc4)c4ccc(-c5nc(C)cc([Si](C)(C)C(C)C)n5)c5ccc2c3c54)n1. The van der Waals surface area contributed by atoms with Crippen LogP contribution in [0.15, 0.2) is 109 Å². The van der Waals surface area contributed by atoms with Gasteiger partial charge in [-0.05, 0) is 104 Å². The smallest absolute Gasteiger partial charge is 0.159 e. The minimum atomic E-state index is -1.82. The van der Waals surface area contributed by atoms with Crippen molar-refractivity contribution in [2.45, 2.75) is 78.8 Å². The van der Waals surface area contributed by atoms with Gasteiger partial charge in [0.1, 0.15) is 16.1 Å². The molecule has 0 bridgehead atoms. The predicted molar refractivity (Wildman–Crippen MR) is 237 cm³/mol. The van der Waals surface area contributed by atoms with Crippen LogP contribution in [0.3, 0.4) is 0 Å². The summed E-state index contributed by atoms with van der Waals surface area (Å²) in [4.78, 5) is 21.0. The van der Waals surface area contributed by atoms with E-state index in [1.807, 2.05) is 0 Å². The molecule has 0 aliphatic heterocycles. The van der Waals surface area contributed by atoms with Gasteiger partial charge in [0.05, 0.1) is 0 Å². The van der Waals surface area contributed by atoms with Crippen molar-refractivity contribution in [3.05, 3.63) is 121 Å². The third kappa shape index (κ3) is 5.87. The third-order valence-corrected chi connectivity index (χ3v) is 21.4. The first-order chi connectivity index (χ1) is 25.8. The van der Waals surface area contributed by atoms with Gasteiger partial charge >= 0.3 is 0 Å². The van der Waals surface area contributed by atoms with E-state index in [-0.39, 0.29) is 0 Å². The zero-order valence-corrected chi connectivity index (χ0v) is 35.3. The highest BCUT2D eigenvalue weighted by Crippen LogP contribution is 2.50. The molecule has 0 aliphatic rings. The number of rotatable bonds is 8. The molecule has 0 saturated heterocycles. The lowest BCUT2D eigenvalue weighted by Crippen LogP contribution is -2.46. The van der Waals surface area contributed by atoms with Crippen LogP contribution in [-0.2, 0) is 0 Å². The molecule has 0 aliphatic carbocycles. The average molecular weight is 739 g/mol. The Hall–Kier alpha value is -5.05. The molecule has 0 fully saturated rings. The van der Waals surface area contributed by atoms with E-state index in [0.29, 0.717) is 11.1 Å². The molecule has 0 amide bonds. The van der Waals surface area contributed by atoms with Crippen molar-refractivity contribution in [3.8, 4) is 45.0 Å². The second-order valence-electron chi connectivity index (χ2n) is 16.9. The predicted octanol–water partition coefficient (Wildman–Crippen LogP) is 12.1. The van der Waals surface area contributed by atoms with Gasteiger partial charge in [0.2, 0.25) is 0 Å². The van der Waals surface area contributed by atoms with Crippen molar-refractivity contribution in [1.29, 1.82) is 0 Å². The van der Waals surface area contributed by atoms with Gasteiger partial charge in [0.15, 0.2) is 11.6 Å². The number of aryl methyl sites for hydroxylation is 2. The lowest BCUT2D eigenvalue weighted by atomic mass is 9.81. The van der Waals surface area contributed by atoms with Crippen molar-refractivity contribution in [3.63, 3.8) is 0 Å². The molecule has 0 spiro atoms. The Morgan fingerprint density at radius 3 is 1.13 bits per heavy atom. The maximum absolute atomic E-state index is 5.38. The second-order valence-corrected chi connectivity index (χ2v) is 27.1. The van der Waals surface area contributed by atoms with Gasteiger partial charge in [-0.25, -0.2) is 19.9 Å². The molecular formula is C48H50N4Si2. The monoisotopic (exact) mass is 738 g/mol. The van der Waals surface area contributed by atoms with Crippen molar-refractivity contribution < 1.29 is 0 Å². The van der Waals surface area contributed by atoms with Gasteiger partial charge in [-0.2, -0.15) is 0 Å². The van der Waals surface area contributed by atoms with Crippen molar-refractivity contribution in [1.82, 2.24) is 19.9 Å². The fourth-order valence-electron chi connectivity index (χ4n) is 7.81. The first kappa shape index (κ1) is 36.0. The summed E-state index contributed by atoms with van der Waals surface area (Å²) in [6.45, 7) is 23.3. The minimum Gasteiger partial charge on any atom is -0.238 e. The van der Waals surface area contributed by atoms with E-state index in [0.717, 1.165) is 34.2 Å². The number of aromatic nitrogens is 4. The summed E-state index contributed by atoms with van der Waals surface area (Å²) in [6.07, 6.45) is 0. The molecule has 6 heteroatoms. The molecule has 0 unspecified atom stereocenters.